The van der Waals surface area contributed by atoms with Crippen LogP contribution in [0.3, 0.4) is 0 Å². The summed E-state index contributed by atoms with van der Waals surface area (Å²) in [7, 11) is 0. The van der Waals surface area contributed by atoms with Crippen molar-refractivity contribution in [3.63, 3.8) is 0 Å². The highest BCUT2D eigenvalue weighted by molar-refractivity contribution is 5.96. The van der Waals surface area contributed by atoms with Gasteiger partial charge in [0.25, 0.3) is 5.91 Å². The van der Waals surface area contributed by atoms with E-state index in [0.29, 0.717) is 5.56 Å². The molecule has 3 rings (SSSR count). The van der Waals surface area contributed by atoms with E-state index < -0.39 is 0 Å². The number of benzene rings is 1. The van der Waals surface area contributed by atoms with Crippen molar-refractivity contribution in [2.75, 3.05) is 13.1 Å². The lowest BCUT2D eigenvalue weighted by Crippen LogP contribution is -2.36. The lowest BCUT2D eigenvalue weighted by Gasteiger charge is -2.26. The standard InChI is InChI=1S/C17H20FN3O/c1-12-16(17(22)20-10-4-3-5-11-20)13(2)21(19-12)15-8-6-14(18)7-9-15/h6-9H,3-5,10-11H2,1-2H3. The summed E-state index contributed by atoms with van der Waals surface area (Å²) in [6.07, 6.45) is 3.32. The van der Waals surface area contributed by atoms with Gasteiger partial charge in [-0.05, 0) is 57.4 Å². The van der Waals surface area contributed by atoms with Crippen LogP contribution in [0, 0.1) is 19.7 Å². The first-order chi connectivity index (χ1) is 10.6. The fourth-order valence-electron chi connectivity index (χ4n) is 3.04. The SMILES string of the molecule is Cc1nn(-c2ccc(F)cc2)c(C)c1C(=O)N1CCCCC1. The molecular weight excluding hydrogens is 281 g/mol. The second kappa shape index (κ2) is 5.91. The zero-order valence-electron chi connectivity index (χ0n) is 13.0. The van der Waals surface area contributed by atoms with Gasteiger partial charge in [-0.1, -0.05) is 0 Å². The summed E-state index contributed by atoms with van der Waals surface area (Å²) in [4.78, 5) is 14.7. The lowest BCUT2D eigenvalue weighted by molar-refractivity contribution is 0.0723. The summed E-state index contributed by atoms with van der Waals surface area (Å²) in [5, 5.41) is 4.47. The Morgan fingerprint density at radius 1 is 1.09 bits per heavy atom. The van der Waals surface area contributed by atoms with Gasteiger partial charge in [0.15, 0.2) is 0 Å². The van der Waals surface area contributed by atoms with E-state index in [1.54, 1.807) is 16.8 Å². The normalized spacial score (nSPS) is 15.1. The van der Waals surface area contributed by atoms with Crippen LogP contribution in [0.25, 0.3) is 5.69 Å². The van der Waals surface area contributed by atoms with Crippen LogP contribution in [0.4, 0.5) is 4.39 Å². The highest BCUT2D eigenvalue weighted by Gasteiger charge is 2.25. The first-order valence-electron chi connectivity index (χ1n) is 7.69. The van der Waals surface area contributed by atoms with Crippen LogP contribution in [0.1, 0.15) is 41.0 Å². The number of aryl methyl sites for hydroxylation is 1. The van der Waals surface area contributed by atoms with Gasteiger partial charge in [-0.2, -0.15) is 5.10 Å². The molecule has 1 aliphatic rings. The van der Waals surface area contributed by atoms with Crippen molar-refractivity contribution in [3.05, 3.63) is 47.0 Å². The summed E-state index contributed by atoms with van der Waals surface area (Å²) in [6, 6.07) is 6.14. The number of amides is 1. The van der Waals surface area contributed by atoms with Gasteiger partial charge >= 0.3 is 0 Å². The summed E-state index contributed by atoms with van der Waals surface area (Å²) in [6.45, 7) is 5.38. The Morgan fingerprint density at radius 3 is 2.36 bits per heavy atom. The number of halogens is 1. The Labute approximate surface area is 129 Å². The number of hydrogen-bond donors (Lipinski definition) is 0. The van der Waals surface area contributed by atoms with Crippen molar-refractivity contribution >= 4 is 5.91 Å². The van der Waals surface area contributed by atoms with Crippen LogP contribution in [0.5, 0.6) is 0 Å². The molecule has 0 atom stereocenters. The van der Waals surface area contributed by atoms with Crippen molar-refractivity contribution in [3.8, 4) is 5.69 Å². The van der Waals surface area contributed by atoms with Crippen LogP contribution < -0.4 is 0 Å². The van der Waals surface area contributed by atoms with E-state index in [1.807, 2.05) is 18.7 Å². The van der Waals surface area contributed by atoms with E-state index in [1.165, 1.54) is 18.6 Å². The Kier molecular flexibility index (Phi) is 3.96. The van der Waals surface area contributed by atoms with E-state index in [0.717, 1.165) is 43.0 Å². The van der Waals surface area contributed by atoms with Gasteiger partial charge in [-0.15, -0.1) is 0 Å². The third kappa shape index (κ3) is 2.63. The predicted molar refractivity (Wildman–Crippen MR) is 82.8 cm³/mol. The van der Waals surface area contributed by atoms with Gasteiger partial charge in [-0.25, -0.2) is 9.07 Å². The molecule has 1 amide bonds. The average Bonchev–Trinajstić information content (AvgIpc) is 2.83. The molecule has 0 bridgehead atoms. The van der Waals surface area contributed by atoms with Gasteiger partial charge in [0, 0.05) is 13.1 Å². The molecule has 1 aliphatic heterocycles. The molecule has 4 nitrogen and oxygen atoms in total. The van der Waals surface area contributed by atoms with Crippen LogP contribution in [0.2, 0.25) is 0 Å². The van der Waals surface area contributed by atoms with Crippen LogP contribution in [-0.4, -0.2) is 33.7 Å². The minimum absolute atomic E-state index is 0.0584. The van der Waals surface area contributed by atoms with Crippen molar-refractivity contribution in [1.82, 2.24) is 14.7 Å². The number of aromatic nitrogens is 2. The predicted octanol–water partition coefficient (Wildman–Crippen LogP) is 3.25. The largest absolute Gasteiger partial charge is 0.339 e. The highest BCUT2D eigenvalue weighted by atomic mass is 19.1. The first-order valence-corrected chi connectivity index (χ1v) is 7.69. The Bertz CT molecular complexity index is 685. The minimum atomic E-state index is -0.283. The van der Waals surface area contributed by atoms with E-state index >= 15 is 0 Å². The summed E-state index contributed by atoms with van der Waals surface area (Å²) in [5.41, 5.74) is 2.96. The molecule has 0 N–H and O–H groups in total. The maximum atomic E-state index is 13.1. The van der Waals surface area contributed by atoms with Crippen molar-refractivity contribution in [1.29, 1.82) is 0 Å². The number of likely N-dealkylation sites (tertiary alicyclic amines) is 1. The molecule has 0 unspecified atom stereocenters. The number of rotatable bonds is 2. The molecule has 2 aromatic rings. The van der Waals surface area contributed by atoms with E-state index in [2.05, 4.69) is 5.10 Å². The molecule has 22 heavy (non-hydrogen) atoms. The molecule has 0 aliphatic carbocycles. The molecule has 116 valence electrons. The fourth-order valence-corrected chi connectivity index (χ4v) is 3.04. The Morgan fingerprint density at radius 2 is 1.73 bits per heavy atom. The van der Waals surface area contributed by atoms with Crippen LogP contribution in [0.15, 0.2) is 24.3 Å². The van der Waals surface area contributed by atoms with Gasteiger partial charge in [0.2, 0.25) is 0 Å². The van der Waals surface area contributed by atoms with Crippen LogP contribution in [-0.2, 0) is 0 Å². The fraction of sp³-hybridized carbons (Fsp3) is 0.412. The van der Waals surface area contributed by atoms with Gasteiger partial charge in [0.1, 0.15) is 5.82 Å². The molecule has 1 fully saturated rings. The number of nitrogens with zero attached hydrogens (tertiary/aromatic N) is 3. The number of piperidine rings is 1. The Hall–Kier alpha value is -2.17. The molecule has 0 spiro atoms. The third-order valence-corrected chi connectivity index (χ3v) is 4.22. The first kappa shape index (κ1) is 14.8. The second-order valence-electron chi connectivity index (χ2n) is 5.79. The third-order valence-electron chi connectivity index (χ3n) is 4.22. The molecule has 1 aromatic heterocycles. The van der Waals surface area contributed by atoms with Crippen molar-refractivity contribution in [2.45, 2.75) is 33.1 Å². The number of hydrogen-bond acceptors (Lipinski definition) is 2. The monoisotopic (exact) mass is 301 g/mol. The lowest BCUT2D eigenvalue weighted by atomic mass is 10.1. The average molecular weight is 301 g/mol. The highest BCUT2D eigenvalue weighted by Crippen LogP contribution is 2.21. The summed E-state index contributed by atoms with van der Waals surface area (Å²) in [5.74, 6) is -0.224. The van der Waals surface area contributed by atoms with Crippen molar-refractivity contribution in [2.24, 2.45) is 0 Å². The molecule has 5 heteroatoms. The molecule has 1 aromatic carbocycles. The molecular formula is C17H20FN3O. The van der Waals surface area contributed by atoms with Crippen molar-refractivity contribution < 1.29 is 9.18 Å². The van der Waals surface area contributed by atoms with E-state index in [4.69, 9.17) is 0 Å². The minimum Gasteiger partial charge on any atom is -0.339 e. The summed E-state index contributed by atoms with van der Waals surface area (Å²) < 4.78 is 14.8. The maximum Gasteiger partial charge on any atom is 0.257 e. The quantitative estimate of drug-likeness (QED) is 0.854. The van der Waals surface area contributed by atoms with E-state index in [-0.39, 0.29) is 11.7 Å². The Balaban J connectivity index is 1.96. The molecule has 2 heterocycles. The van der Waals surface area contributed by atoms with Gasteiger partial charge in [-0.3, -0.25) is 4.79 Å². The van der Waals surface area contributed by atoms with E-state index in [9.17, 15) is 9.18 Å². The topological polar surface area (TPSA) is 38.1 Å². The smallest absolute Gasteiger partial charge is 0.257 e. The number of carbonyl (C=O) groups excluding carboxylic acids is 1. The zero-order chi connectivity index (χ0) is 15.7. The van der Waals surface area contributed by atoms with Crippen LogP contribution >= 0.6 is 0 Å². The molecule has 0 saturated carbocycles. The maximum absolute atomic E-state index is 13.1. The molecule has 1 saturated heterocycles. The van der Waals surface area contributed by atoms with Gasteiger partial charge in [0.05, 0.1) is 22.6 Å². The second-order valence-corrected chi connectivity index (χ2v) is 5.79. The summed E-state index contributed by atoms with van der Waals surface area (Å²) >= 11 is 0. The van der Waals surface area contributed by atoms with Gasteiger partial charge < -0.3 is 4.90 Å². The zero-order valence-corrected chi connectivity index (χ0v) is 13.0. The number of carbonyl (C=O) groups is 1. The molecule has 0 radical (unpaired) electrons.